The van der Waals surface area contributed by atoms with Crippen molar-refractivity contribution in [3.63, 3.8) is 0 Å². The van der Waals surface area contributed by atoms with Crippen LogP contribution in [0.5, 0.6) is 0 Å². The van der Waals surface area contributed by atoms with E-state index in [1.807, 2.05) is 19.4 Å². The molecule has 84 valence electrons. The van der Waals surface area contributed by atoms with E-state index >= 15 is 0 Å². The zero-order chi connectivity index (χ0) is 11.3. The molecule has 1 unspecified atom stereocenters. The highest BCUT2D eigenvalue weighted by atomic mass is 15.1. The molecule has 0 aliphatic heterocycles. The van der Waals surface area contributed by atoms with E-state index in [0.717, 1.165) is 13.0 Å². The lowest BCUT2D eigenvalue weighted by Crippen LogP contribution is -2.23. The van der Waals surface area contributed by atoms with Gasteiger partial charge in [0.05, 0.1) is 0 Å². The molecule has 1 heterocycles. The molecular weight excluding hydrogens is 186 g/mol. The SMILES string of the molecule is CNC(CCN(C)C)c1cncc(C)c1. The van der Waals surface area contributed by atoms with Gasteiger partial charge >= 0.3 is 0 Å². The van der Waals surface area contributed by atoms with Crippen LogP contribution in [-0.2, 0) is 0 Å². The van der Waals surface area contributed by atoms with Crippen LogP contribution in [0.15, 0.2) is 18.5 Å². The van der Waals surface area contributed by atoms with Crippen molar-refractivity contribution in [2.45, 2.75) is 19.4 Å². The van der Waals surface area contributed by atoms with E-state index in [1.165, 1.54) is 11.1 Å². The number of pyridine rings is 1. The van der Waals surface area contributed by atoms with Crippen molar-refractivity contribution in [2.75, 3.05) is 27.7 Å². The number of aryl methyl sites for hydroxylation is 1. The molecule has 1 rings (SSSR count). The first-order valence-corrected chi connectivity index (χ1v) is 5.37. The maximum Gasteiger partial charge on any atom is 0.0345 e. The Morgan fingerprint density at radius 3 is 2.67 bits per heavy atom. The molecule has 0 bridgehead atoms. The van der Waals surface area contributed by atoms with Crippen LogP contribution in [0.25, 0.3) is 0 Å². The summed E-state index contributed by atoms with van der Waals surface area (Å²) in [5, 5.41) is 3.33. The largest absolute Gasteiger partial charge is 0.313 e. The van der Waals surface area contributed by atoms with Crippen molar-refractivity contribution < 1.29 is 0 Å². The zero-order valence-electron chi connectivity index (χ0n) is 10.1. The van der Waals surface area contributed by atoms with E-state index in [-0.39, 0.29) is 0 Å². The lowest BCUT2D eigenvalue weighted by Gasteiger charge is -2.19. The quantitative estimate of drug-likeness (QED) is 0.795. The molecule has 0 amide bonds. The number of rotatable bonds is 5. The minimum Gasteiger partial charge on any atom is -0.313 e. The van der Waals surface area contributed by atoms with Gasteiger partial charge in [0.15, 0.2) is 0 Å². The van der Waals surface area contributed by atoms with Crippen LogP contribution >= 0.6 is 0 Å². The van der Waals surface area contributed by atoms with Gasteiger partial charge in [-0.05, 0) is 52.2 Å². The van der Waals surface area contributed by atoms with Gasteiger partial charge in [0.1, 0.15) is 0 Å². The standard InChI is InChI=1S/C12H21N3/c1-10-7-11(9-14-8-10)12(13-2)5-6-15(3)4/h7-9,12-13H,5-6H2,1-4H3. The number of hydrogen-bond acceptors (Lipinski definition) is 3. The van der Waals surface area contributed by atoms with E-state index in [0.29, 0.717) is 6.04 Å². The van der Waals surface area contributed by atoms with Crippen molar-refractivity contribution in [2.24, 2.45) is 0 Å². The van der Waals surface area contributed by atoms with Gasteiger partial charge in [-0.25, -0.2) is 0 Å². The van der Waals surface area contributed by atoms with Gasteiger partial charge in [-0.3, -0.25) is 4.98 Å². The first kappa shape index (κ1) is 12.1. The highest BCUT2D eigenvalue weighted by molar-refractivity contribution is 5.20. The number of hydrogen-bond donors (Lipinski definition) is 1. The molecule has 0 fully saturated rings. The van der Waals surface area contributed by atoms with Crippen LogP contribution < -0.4 is 5.32 Å². The van der Waals surface area contributed by atoms with Crippen molar-refractivity contribution in [1.82, 2.24) is 15.2 Å². The van der Waals surface area contributed by atoms with Crippen molar-refractivity contribution in [1.29, 1.82) is 0 Å². The molecule has 1 aromatic heterocycles. The second-order valence-corrected chi connectivity index (χ2v) is 4.23. The minimum absolute atomic E-state index is 0.403. The molecule has 3 heteroatoms. The second-order valence-electron chi connectivity index (χ2n) is 4.23. The third-order valence-corrected chi connectivity index (χ3v) is 2.51. The summed E-state index contributed by atoms with van der Waals surface area (Å²) >= 11 is 0. The third kappa shape index (κ3) is 3.98. The Balaban J connectivity index is 2.65. The highest BCUT2D eigenvalue weighted by Gasteiger charge is 2.09. The summed E-state index contributed by atoms with van der Waals surface area (Å²) < 4.78 is 0. The highest BCUT2D eigenvalue weighted by Crippen LogP contribution is 2.16. The summed E-state index contributed by atoms with van der Waals surface area (Å²) in [7, 11) is 6.20. The first-order valence-electron chi connectivity index (χ1n) is 5.37. The van der Waals surface area contributed by atoms with Gasteiger partial charge in [0.25, 0.3) is 0 Å². The predicted molar refractivity (Wildman–Crippen MR) is 63.9 cm³/mol. The smallest absolute Gasteiger partial charge is 0.0345 e. The lowest BCUT2D eigenvalue weighted by atomic mass is 10.0. The molecule has 1 atom stereocenters. The fraction of sp³-hybridized carbons (Fsp3) is 0.583. The molecule has 1 N–H and O–H groups in total. The van der Waals surface area contributed by atoms with Crippen LogP contribution in [-0.4, -0.2) is 37.6 Å². The summed E-state index contributed by atoms with van der Waals surface area (Å²) in [5.41, 5.74) is 2.50. The van der Waals surface area contributed by atoms with Crippen molar-refractivity contribution >= 4 is 0 Å². The predicted octanol–water partition coefficient (Wildman–Crippen LogP) is 1.60. The van der Waals surface area contributed by atoms with Gasteiger partial charge in [-0.2, -0.15) is 0 Å². The molecule has 3 nitrogen and oxygen atoms in total. The Morgan fingerprint density at radius 2 is 2.13 bits per heavy atom. The summed E-state index contributed by atoms with van der Waals surface area (Å²) in [6.45, 7) is 3.16. The Kier molecular flexibility index (Phi) is 4.72. The number of nitrogens with one attached hydrogen (secondary N) is 1. The Labute approximate surface area is 92.5 Å². The van der Waals surface area contributed by atoms with Gasteiger partial charge in [0.2, 0.25) is 0 Å². The molecule has 0 spiro atoms. The zero-order valence-corrected chi connectivity index (χ0v) is 10.1. The first-order chi connectivity index (χ1) is 7.13. The third-order valence-electron chi connectivity index (χ3n) is 2.51. The van der Waals surface area contributed by atoms with Crippen LogP contribution in [0.1, 0.15) is 23.6 Å². The molecular formula is C12H21N3. The summed E-state index contributed by atoms with van der Waals surface area (Å²) in [6.07, 6.45) is 4.95. The van der Waals surface area contributed by atoms with Gasteiger partial charge in [0, 0.05) is 18.4 Å². The average Bonchev–Trinajstić information content (AvgIpc) is 2.18. The average molecular weight is 207 g/mol. The van der Waals surface area contributed by atoms with E-state index in [9.17, 15) is 0 Å². The molecule has 0 radical (unpaired) electrons. The number of aromatic nitrogens is 1. The fourth-order valence-electron chi connectivity index (χ4n) is 1.63. The van der Waals surface area contributed by atoms with Crippen molar-refractivity contribution in [3.8, 4) is 0 Å². The normalized spacial score (nSPS) is 13.1. The summed E-state index contributed by atoms with van der Waals surface area (Å²) in [4.78, 5) is 6.43. The monoisotopic (exact) mass is 207 g/mol. The molecule has 0 aromatic carbocycles. The Bertz CT molecular complexity index is 297. The maximum atomic E-state index is 4.23. The van der Waals surface area contributed by atoms with Gasteiger partial charge < -0.3 is 10.2 Å². The number of nitrogens with zero attached hydrogens (tertiary/aromatic N) is 2. The van der Waals surface area contributed by atoms with Crippen molar-refractivity contribution in [3.05, 3.63) is 29.6 Å². The fourth-order valence-corrected chi connectivity index (χ4v) is 1.63. The summed E-state index contributed by atoms with van der Waals surface area (Å²) in [6, 6.07) is 2.60. The Morgan fingerprint density at radius 1 is 1.40 bits per heavy atom. The summed E-state index contributed by atoms with van der Waals surface area (Å²) in [5.74, 6) is 0. The van der Waals surface area contributed by atoms with E-state index in [2.05, 4.69) is 42.3 Å². The molecule has 1 aromatic rings. The van der Waals surface area contributed by atoms with Crippen LogP contribution in [0.4, 0.5) is 0 Å². The van der Waals surface area contributed by atoms with E-state index < -0.39 is 0 Å². The Hall–Kier alpha value is -0.930. The molecule has 15 heavy (non-hydrogen) atoms. The van der Waals surface area contributed by atoms with Gasteiger partial charge in [-0.15, -0.1) is 0 Å². The molecule has 0 aliphatic rings. The molecule has 0 saturated carbocycles. The minimum atomic E-state index is 0.403. The maximum absolute atomic E-state index is 4.23. The molecule has 0 saturated heterocycles. The molecule has 0 aliphatic carbocycles. The van der Waals surface area contributed by atoms with E-state index in [1.54, 1.807) is 0 Å². The topological polar surface area (TPSA) is 28.2 Å². The van der Waals surface area contributed by atoms with Crippen LogP contribution in [0.3, 0.4) is 0 Å². The van der Waals surface area contributed by atoms with E-state index in [4.69, 9.17) is 0 Å². The lowest BCUT2D eigenvalue weighted by molar-refractivity contribution is 0.368. The van der Waals surface area contributed by atoms with Crippen LogP contribution in [0, 0.1) is 6.92 Å². The second kappa shape index (κ2) is 5.83. The van der Waals surface area contributed by atoms with Gasteiger partial charge in [-0.1, -0.05) is 6.07 Å². The van der Waals surface area contributed by atoms with Crippen LogP contribution in [0.2, 0.25) is 0 Å².